The van der Waals surface area contributed by atoms with Crippen LogP contribution in [0.25, 0.3) is 10.9 Å². The third kappa shape index (κ3) is 5.66. The Bertz CT molecular complexity index is 741. The van der Waals surface area contributed by atoms with Crippen LogP contribution in [-0.4, -0.2) is 50.6 Å². The highest BCUT2D eigenvalue weighted by atomic mass is 31.2. The van der Waals surface area contributed by atoms with Gasteiger partial charge in [-0.25, -0.2) is 4.57 Å². The zero-order valence-corrected chi connectivity index (χ0v) is 14.9. The molecule has 0 radical (unpaired) electrons. The summed E-state index contributed by atoms with van der Waals surface area (Å²) in [5.74, 6) is 0.584. The molecule has 1 fully saturated rings. The molecule has 2 heterocycles. The number of likely N-dealkylation sites (tertiary alicyclic amines) is 1. The Labute approximate surface area is 146 Å². The third-order valence-electron chi connectivity index (χ3n) is 4.43. The van der Waals surface area contributed by atoms with Crippen LogP contribution in [0, 0.1) is 0 Å². The van der Waals surface area contributed by atoms with E-state index in [1.807, 2.05) is 12.1 Å². The number of aromatic amines is 1. The monoisotopic (exact) mass is 369 g/mol. The van der Waals surface area contributed by atoms with Crippen LogP contribution in [0.3, 0.4) is 0 Å². The molecule has 9 heteroatoms. The van der Waals surface area contributed by atoms with Crippen molar-refractivity contribution >= 4 is 30.8 Å². The summed E-state index contributed by atoms with van der Waals surface area (Å²) < 4.78 is 8.88. The molecular formula is C16H24N3O5P. The van der Waals surface area contributed by atoms with E-state index < -0.39 is 7.82 Å². The maximum atomic E-state index is 10.8. The van der Waals surface area contributed by atoms with Crippen molar-refractivity contribution in [3.63, 3.8) is 0 Å². The van der Waals surface area contributed by atoms with E-state index in [9.17, 15) is 4.79 Å². The molecule has 0 saturated carbocycles. The van der Waals surface area contributed by atoms with Crippen molar-refractivity contribution in [3.8, 4) is 0 Å². The van der Waals surface area contributed by atoms with Gasteiger partial charge < -0.3 is 29.9 Å². The Kier molecular flexibility index (Phi) is 6.75. The van der Waals surface area contributed by atoms with Gasteiger partial charge >= 0.3 is 7.82 Å². The number of hydrogen-bond acceptors (Lipinski definition) is 3. The van der Waals surface area contributed by atoms with E-state index in [2.05, 4.69) is 34.4 Å². The van der Waals surface area contributed by atoms with Gasteiger partial charge in [0.25, 0.3) is 0 Å². The lowest BCUT2D eigenvalue weighted by atomic mass is 9.89. The number of benzene rings is 1. The molecule has 25 heavy (non-hydrogen) atoms. The molecule has 2 aromatic rings. The van der Waals surface area contributed by atoms with E-state index in [1.165, 1.54) is 23.8 Å². The third-order valence-corrected chi connectivity index (χ3v) is 4.43. The molecule has 5 N–H and O–H groups in total. The fraction of sp³-hybridized carbons (Fsp3) is 0.438. The molecule has 1 amide bonds. The van der Waals surface area contributed by atoms with Crippen LogP contribution < -0.4 is 5.32 Å². The van der Waals surface area contributed by atoms with Gasteiger partial charge in [-0.3, -0.25) is 4.79 Å². The lowest BCUT2D eigenvalue weighted by molar-refractivity contribution is -0.105. The van der Waals surface area contributed by atoms with E-state index in [-0.39, 0.29) is 0 Å². The highest BCUT2D eigenvalue weighted by molar-refractivity contribution is 7.45. The van der Waals surface area contributed by atoms with Crippen molar-refractivity contribution in [3.05, 3.63) is 30.0 Å². The van der Waals surface area contributed by atoms with E-state index >= 15 is 0 Å². The quantitative estimate of drug-likeness (QED) is 0.415. The van der Waals surface area contributed by atoms with Crippen LogP contribution in [0.4, 0.5) is 5.69 Å². The second-order valence-corrected chi connectivity index (χ2v) is 6.98. The molecule has 1 aliphatic heterocycles. The molecule has 1 aromatic heterocycles. The number of rotatable bonds is 4. The molecule has 138 valence electrons. The summed E-state index contributed by atoms with van der Waals surface area (Å²) in [6, 6.07) is 6.00. The van der Waals surface area contributed by atoms with Crippen molar-refractivity contribution < 1.29 is 24.0 Å². The maximum Gasteiger partial charge on any atom is 0.466 e. The number of phosphoric acid groups is 1. The first-order valence-electron chi connectivity index (χ1n) is 8.14. The summed E-state index contributed by atoms with van der Waals surface area (Å²) in [5, 5.41) is 4.00. The average molecular weight is 369 g/mol. The molecule has 0 aliphatic carbocycles. The minimum atomic E-state index is -4.64. The van der Waals surface area contributed by atoms with E-state index in [0.29, 0.717) is 5.92 Å². The molecule has 3 rings (SSSR count). The van der Waals surface area contributed by atoms with Crippen LogP contribution in [0.2, 0.25) is 0 Å². The Morgan fingerprint density at radius 2 is 1.96 bits per heavy atom. The molecule has 0 bridgehead atoms. The average Bonchev–Trinajstić information content (AvgIpc) is 2.99. The zero-order chi connectivity index (χ0) is 18.4. The maximum absolute atomic E-state index is 10.8. The summed E-state index contributed by atoms with van der Waals surface area (Å²) in [6.45, 7) is 5.69. The van der Waals surface area contributed by atoms with Crippen LogP contribution in [-0.2, 0) is 9.36 Å². The van der Waals surface area contributed by atoms with Crippen molar-refractivity contribution in [1.82, 2.24) is 9.88 Å². The van der Waals surface area contributed by atoms with Crippen LogP contribution in [0.1, 0.15) is 31.2 Å². The first-order chi connectivity index (χ1) is 11.8. The molecule has 0 spiro atoms. The number of fused-ring (bicyclic) bond motifs is 1. The molecule has 0 atom stereocenters. The van der Waals surface area contributed by atoms with Crippen LogP contribution >= 0.6 is 7.82 Å². The highest BCUT2D eigenvalue weighted by Crippen LogP contribution is 2.36. The number of H-pyrrole nitrogens is 1. The Morgan fingerprint density at radius 3 is 2.52 bits per heavy atom. The molecule has 1 aliphatic rings. The van der Waals surface area contributed by atoms with Crippen molar-refractivity contribution in [2.75, 3.05) is 25.0 Å². The summed E-state index contributed by atoms with van der Waals surface area (Å²) in [6.07, 6.45) is 5.25. The fourth-order valence-corrected chi connectivity index (χ4v) is 3.28. The number of nitrogens with one attached hydrogen (secondary N) is 2. The van der Waals surface area contributed by atoms with Crippen molar-refractivity contribution in [1.29, 1.82) is 0 Å². The Hall–Kier alpha value is -1.70. The van der Waals surface area contributed by atoms with Gasteiger partial charge in [-0.15, -0.1) is 0 Å². The van der Waals surface area contributed by atoms with Crippen LogP contribution in [0.15, 0.2) is 24.4 Å². The minimum absolute atomic E-state index is 0.584. The zero-order valence-electron chi connectivity index (χ0n) is 14.1. The summed E-state index contributed by atoms with van der Waals surface area (Å²) in [5.41, 5.74) is 3.36. The second kappa shape index (κ2) is 8.60. The Balaban J connectivity index is 0.000000399. The number of anilines is 1. The molecule has 1 aromatic carbocycles. The number of aromatic nitrogens is 1. The molecular weight excluding hydrogens is 345 g/mol. The normalized spacial score (nSPS) is 16.3. The fourth-order valence-electron chi connectivity index (χ4n) is 3.28. The summed E-state index contributed by atoms with van der Waals surface area (Å²) in [4.78, 5) is 38.2. The first-order valence-corrected chi connectivity index (χ1v) is 9.70. The lowest BCUT2D eigenvalue weighted by Crippen LogP contribution is -2.32. The SMILES string of the molecule is CCN1CCC(c2c[nH]c3cccc(NC=O)c23)CC1.O=P(O)(O)O. The van der Waals surface area contributed by atoms with Gasteiger partial charge in [0.05, 0.1) is 5.69 Å². The molecule has 1 saturated heterocycles. The number of hydrogen-bond donors (Lipinski definition) is 5. The summed E-state index contributed by atoms with van der Waals surface area (Å²) in [7, 11) is -4.64. The van der Waals surface area contributed by atoms with E-state index in [4.69, 9.17) is 19.2 Å². The van der Waals surface area contributed by atoms with Gasteiger partial charge in [0, 0.05) is 17.1 Å². The largest absolute Gasteiger partial charge is 0.466 e. The number of carbonyl (C=O) groups excluding carboxylic acids is 1. The lowest BCUT2D eigenvalue weighted by Gasteiger charge is -2.31. The minimum Gasteiger partial charge on any atom is -0.361 e. The van der Waals surface area contributed by atoms with Gasteiger partial charge in [0.15, 0.2) is 0 Å². The van der Waals surface area contributed by atoms with Crippen molar-refractivity contribution in [2.24, 2.45) is 0 Å². The van der Waals surface area contributed by atoms with Gasteiger partial charge in [0.2, 0.25) is 6.41 Å². The standard InChI is InChI=1S/C16H21N3O.H3O4P/c1-2-19-8-6-12(7-9-19)13-10-17-14-4-3-5-15(16(13)14)18-11-20;1-5(2,3)4/h3-5,10-12,17H,2,6-9H2,1H3,(H,18,20);(H3,1,2,3,4). The smallest absolute Gasteiger partial charge is 0.361 e. The van der Waals surface area contributed by atoms with Gasteiger partial charge in [-0.05, 0) is 56.1 Å². The predicted molar refractivity (Wildman–Crippen MR) is 96.3 cm³/mol. The second-order valence-electron chi connectivity index (χ2n) is 5.96. The predicted octanol–water partition coefficient (Wildman–Crippen LogP) is 2.01. The highest BCUT2D eigenvalue weighted by Gasteiger charge is 2.22. The van der Waals surface area contributed by atoms with Crippen molar-refractivity contribution in [2.45, 2.75) is 25.7 Å². The number of piperidine rings is 1. The van der Waals surface area contributed by atoms with Gasteiger partial charge in [-0.2, -0.15) is 0 Å². The topological polar surface area (TPSA) is 126 Å². The number of nitrogens with zero attached hydrogens (tertiary/aromatic N) is 1. The van der Waals surface area contributed by atoms with Gasteiger partial charge in [-0.1, -0.05) is 13.0 Å². The van der Waals surface area contributed by atoms with E-state index in [0.717, 1.165) is 37.2 Å². The molecule has 8 nitrogen and oxygen atoms in total. The number of amides is 1. The summed E-state index contributed by atoms with van der Waals surface area (Å²) >= 11 is 0. The number of carbonyl (C=O) groups is 1. The Morgan fingerprint density at radius 1 is 1.32 bits per heavy atom. The van der Waals surface area contributed by atoms with Crippen LogP contribution in [0.5, 0.6) is 0 Å². The van der Waals surface area contributed by atoms with Gasteiger partial charge in [0.1, 0.15) is 0 Å². The first kappa shape index (κ1) is 19.6. The van der Waals surface area contributed by atoms with E-state index in [1.54, 1.807) is 0 Å². The molecule has 0 unspecified atom stereocenters.